The van der Waals surface area contributed by atoms with Crippen LogP contribution >= 0.6 is 24.8 Å². The van der Waals surface area contributed by atoms with Crippen LogP contribution in [0, 0.1) is 0 Å². The van der Waals surface area contributed by atoms with E-state index in [0.717, 1.165) is 73.3 Å². The van der Waals surface area contributed by atoms with E-state index in [9.17, 15) is 4.79 Å². The largest absolute Gasteiger partial charge is 0.459 e. The third-order valence-corrected chi connectivity index (χ3v) is 7.82. The number of carbonyl (C=O) groups is 1. The third-order valence-electron chi connectivity index (χ3n) is 7.82. The maximum absolute atomic E-state index is 13.4. The molecule has 0 fully saturated rings. The van der Waals surface area contributed by atoms with Crippen molar-refractivity contribution in [3.8, 4) is 0 Å². The van der Waals surface area contributed by atoms with E-state index in [0.29, 0.717) is 25.4 Å². The quantitative estimate of drug-likeness (QED) is 0.109. The number of anilines is 2. The number of esters is 1. The zero-order chi connectivity index (χ0) is 29.7. The lowest BCUT2D eigenvalue weighted by Gasteiger charge is -2.25. The number of rotatable bonds is 16. The number of benzene rings is 2. The summed E-state index contributed by atoms with van der Waals surface area (Å²) in [5, 5.41) is 7.69. The summed E-state index contributed by atoms with van der Waals surface area (Å²) in [4.78, 5) is 29.5. The molecule has 2 aromatic heterocycles. The summed E-state index contributed by atoms with van der Waals surface area (Å²) in [6, 6.07) is 21.4. The summed E-state index contributed by atoms with van der Waals surface area (Å²) in [6.45, 7) is 4.27. The highest BCUT2D eigenvalue weighted by Crippen LogP contribution is 2.22. The van der Waals surface area contributed by atoms with Crippen LogP contribution in [0.5, 0.6) is 0 Å². The van der Waals surface area contributed by atoms with Crippen LogP contribution < -0.4 is 10.6 Å². The maximum atomic E-state index is 13.4. The number of nitrogens with zero attached hydrogens (tertiary/aromatic N) is 4. The lowest BCUT2D eigenvalue weighted by atomic mass is 10.1. The van der Waals surface area contributed by atoms with Gasteiger partial charge in [-0.05, 0) is 74.4 Å². The summed E-state index contributed by atoms with van der Waals surface area (Å²) in [5.41, 5.74) is 4.23. The van der Waals surface area contributed by atoms with Gasteiger partial charge >= 0.3 is 5.97 Å². The Morgan fingerprint density at radius 3 is 2.64 bits per heavy atom. The molecule has 11 heteroatoms. The fourth-order valence-electron chi connectivity index (χ4n) is 5.38. The average Bonchev–Trinajstić information content (AvgIpc) is 3.06. The van der Waals surface area contributed by atoms with Crippen LogP contribution in [-0.4, -0.2) is 71.8 Å². The molecule has 45 heavy (non-hydrogen) atoms. The molecule has 9 nitrogen and oxygen atoms in total. The zero-order valence-electron chi connectivity index (χ0n) is 25.8. The molecule has 0 radical (unpaired) electrons. The number of nitrogens with one attached hydrogen (secondary N) is 2. The highest BCUT2D eigenvalue weighted by atomic mass is 35.5. The van der Waals surface area contributed by atoms with Crippen molar-refractivity contribution in [2.75, 3.05) is 50.5 Å². The van der Waals surface area contributed by atoms with Gasteiger partial charge in [0.15, 0.2) is 0 Å². The number of carbonyl (C=O) groups excluding carboxylic acids is 1. The van der Waals surface area contributed by atoms with Gasteiger partial charge in [0.25, 0.3) is 0 Å². The van der Waals surface area contributed by atoms with E-state index in [1.807, 2.05) is 54.6 Å². The highest BCUT2D eigenvalue weighted by Gasteiger charge is 2.23. The second-order valence-electron chi connectivity index (χ2n) is 11.0. The average molecular weight is 656 g/mol. The minimum Gasteiger partial charge on any atom is -0.459 e. The SMILES string of the molecule is COCCN(CCCCc1ccc2c(n1)NCCC2)CC[C@H](Nc1ncnc2ccccc12)C(=O)OCc1ccccc1.Cl.Cl. The number of ether oxygens (including phenoxy) is 2. The summed E-state index contributed by atoms with van der Waals surface area (Å²) in [6.07, 6.45) is 7.38. The Hall–Kier alpha value is -3.50. The summed E-state index contributed by atoms with van der Waals surface area (Å²) >= 11 is 0. The first-order valence-corrected chi connectivity index (χ1v) is 15.3. The molecule has 0 aliphatic carbocycles. The first-order valence-electron chi connectivity index (χ1n) is 15.3. The normalized spacial score (nSPS) is 12.8. The minimum atomic E-state index is -0.570. The van der Waals surface area contributed by atoms with Crippen molar-refractivity contribution in [2.45, 2.75) is 51.2 Å². The van der Waals surface area contributed by atoms with Crippen LogP contribution in [0.3, 0.4) is 0 Å². The number of hydrogen-bond donors (Lipinski definition) is 2. The van der Waals surface area contributed by atoms with Gasteiger partial charge in [0.2, 0.25) is 0 Å². The molecule has 0 bridgehead atoms. The molecule has 1 atom stereocenters. The second kappa shape index (κ2) is 19.1. The van der Waals surface area contributed by atoms with Crippen molar-refractivity contribution in [1.82, 2.24) is 19.9 Å². The molecule has 2 aromatic carbocycles. The predicted octanol–water partition coefficient (Wildman–Crippen LogP) is 6.11. The van der Waals surface area contributed by atoms with Gasteiger partial charge in [-0.2, -0.15) is 0 Å². The number of aryl methyl sites for hydroxylation is 2. The lowest BCUT2D eigenvalue weighted by Crippen LogP contribution is -2.38. The van der Waals surface area contributed by atoms with Crippen LogP contribution in [0.25, 0.3) is 10.9 Å². The number of hydrogen-bond acceptors (Lipinski definition) is 9. The number of para-hydroxylation sites is 1. The molecule has 1 aliphatic rings. The Balaban J connectivity index is 0.00000276. The Bertz CT molecular complexity index is 1460. The molecule has 3 heterocycles. The number of unbranched alkanes of at least 4 members (excludes halogenated alkanes) is 1. The van der Waals surface area contributed by atoms with Gasteiger partial charge in [-0.25, -0.2) is 19.7 Å². The first-order chi connectivity index (χ1) is 21.2. The van der Waals surface area contributed by atoms with Crippen LogP contribution in [0.1, 0.15) is 42.5 Å². The minimum absolute atomic E-state index is 0. The van der Waals surface area contributed by atoms with Crippen LogP contribution in [0.4, 0.5) is 11.6 Å². The molecular formula is C34H44Cl2N6O3. The van der Waals surface area contributed by atoms with E-state index >= 15 is 0 Å². The number of pyridine rings is 1. The summed E-state index contributed by atoms with van der Waals surface area (Å²) in [5.74, 6) is 1.38. The van der Waals surface area contributed by atoms with Crippen LogP contribution in [0.15, 0.2) is 73.1 Å². The molecule has 4 aromatic rings. The van der Waals surface area contributed by atoms with Crippen LogP contribution in [0.2, 0.25) is 0 Å². The fourth-order valence-corrected chi connectivity index (χ4v) is 5.38. The summed E-state index contributed by atoms with van der Waals surface area (Å²) in [7, 11) is 1.72. The van der Waals surface area contributed by atoms with Crippen molar-refractivity contribution < 1.29 is 14.3 Å². The van der Waals surface area contributed by atoms with Gasteiger partial charge in [-0.3, -0.25) is 0 Å². The molecule has 5 rings (SSSR count). The van der Waals surface area contributed by atoms with Gasteiger partial charge in [0.05, 0.1) is 12.1 Å². The molecule has 2 N–H and O–H groups in total. The van der Waals surface area contributed by atoms with E-state index in [1.165, 1.54) is 18.3 Å². The Morgan fingerprint density at radius 2 is 1.80 bits per heavy atom. The number of halogens is 2. The van der Waals surface area contributed by atoms with Gasteiger partial charge < -0.3 is 25.0 Å². The highest BCUT2D eigenvalue weighted by molar-refractivity contribution is 5.90. The van der Waals surface area contributed by atoms with E-state index in [2.05, 4.69) is 37.6 Å². The predicted molar refractivity (Wildman–Crippen MR) is 185 cm³/mol. The van der Waals surface area contributed by atoms with Crippen molar-refractivity contribution in [1.29, 1.82) is 0 Å². The van der Waals surface area contributed by atoms with E-state index in [4.69, 9.17) is 14.5 Å². The molecule has 0 unspecified atom stereocenters. The lowest BCUT2D eigenvalue weighted by molar-refractivity contribution is -0.146. The monoisotopic (exact) mass is 654 g/mol. The first kappa shape index (κ1) is 36.0. The van der Waals surface area contributed by atoms with Crippen molar-refractivity contribution in [2.24, 2.45) is 0 Å². The van der Waals surface area contributed by atoms with Crippen molar-refractivity contribution in [3.05, 3.63) is 89.9 Å². The summed E-state index contributed by atoms with van der Waals surface area (Å²) < 4.78 is 11.2. The molecule has 0 saturated heterocycles. The van der Waals surface area contributed by atoms with Gasteiger partial charge in [0.1, 0.15) is 30.6 Å². The maximum Gasteiger partial charge on any atom is 0.328 e. The second-order valence-corrected chi connectivity index (χ2v) is 11.0. The molecule has 0 spiro atoms. The molecule has 0 amide bonds. The van der Waals surface area contributed by atoms with Gasteiger partial charge in [0, 0.05) is 37.8 Å². The van der Waals surface area contributed by atoms with Crippen LogP contribution in [-0.2, 0) is 33.7 Å². The number of methoxy groups -OCH3 is 1. The topological polar surface area (TPSA) is 102 Å². The molecule has 0 saturated carbocycles. The standard InChI is InChI=1S/C34H42N6O3.2ClH/c1-42-23-22-40(20-8-7-13-28-17-16-27-12-9-19-35-32(27)38-28)21-18-31(34(41)43-24-26-10-3-2-4-11-26)39-33-29-14-5-6-15-30(29)36-25-37-33;;/h2-6,10-11,14-17,25,31H,7-9,12-13,18-24H2,1H3,(H,35,38)(H,36,37,39);2*1H/t31-;;/m0../s1. The Kier molecular flexibility index (Phi) is 15.3. The molecule has 242 valence electrons. The van der Waals surface area contributed by atoms with E-state index < -0.39 is 6.04 Å². The smallest absolute Gasteiger partial charge is 0.328 e. The Morgan fingerprint density at radius 1 is 0.978 bits per heavy atom. The fraction of sp³-hybridized carbons (Fsp3) is 0.412. The van der Waals surface area contributed by atoms with Crippen molar-refractivity contribution >= 4 is 53.3 Å². The van der Waals surface area contributed by atoms with E-state index in [1.54, 1.807) is 7.11 Å². The number of aromatic nitrogens is 3. The van der Waals surface area contributed by atoms with Gasteiger partial charge in [-0.1, -0.05) is 48.5 Å². The third kappa shape index (κ3) is 10.8. The molecular weight excluding hydrogens is 611 g/mol. The zero-order valence-corrected chi connectivity index (χ0v) is 27.5. The van der Waals surface area contributed by atoms with Gasteiger partial charge in [-0.15, -0.1) is 24.8 Å². The number of fused-ring (bicyclic) bond motifs is 2. The van der Waals surface area contributed by atoms with Crippen molar-refractivity contribution in [3.63, 3.8) is 0 Å². The Labute approximate surface area is 278 Å². The molecule has 1 aliphatic heterocycles. The van der Waals surface area contributed by atoms with E-state index in [-0.39, 0.29) is 37.4 Å².